The molecule has 1 aromatic carbocycles. The van der Waals surface area contributed by atoms with Crippen LogP contribution in [0.3, 0.4) is 0 Å². The van der Waals surface area contributed by atoms with Crippen LogP contribution in [-0.4, -0.2) is 49.2 Å². The van der Waals surface area contributed by atoms with Gasteiger partial charge in [0.05, 0.1) is 0 Å². The molecule has 2 aliphatic heterocycles. The summed E-state index contributed by atoms with van der Waals surface area (Å²) in [4.78, 5) is 13.9. The van der Waals surface area contributed by atoms with Crippen molar-refractivity contribution in [1.82, 2.24) is 9.21 Å². The zero-order chi connectivity index (χ0) is 16.7. The van der Waals surface area contributed by atoms with E-state index >= 15 is 0 Å². The number of likely N-dealkylation sites (tertiary alicyclic amines) is 1. The number of sulfonamides is 1. The number of hydrogen-bond donors (Lipinski definition) is 0. The fourth-order valence-corrected chi connectivity index (χ4v) is 6.73. The van der Waals surface area contributed by atoms with Gasteiger partial charge in [0, 0.05) is 36.8 Å². The van der Waals surface area contributed by atoms with Crippen LogP contribution in [0.5, 0.6) is 0 Å². The predicted molar refractivity (Wildman–Crippen MR) is 94.6 cm³/mol. The topological polar surface area (TPSA) is 57.7 Å². The molecule has 1 atom stereocenters. The molecular formula is C17H20N2O3S2. The fourth-order valence-electron chi connectivity index (χ4n) is 3.66. The van der Waals surface area contributed by atoms with Gasteiger partial charge in [-0.1, -0.05) is 18.2 Å². The van der Waals surface area contributed by atoms with Crippen LogP contribution < -0.4 is 0 Å². The van der Waals surface area contributed by atoms with Gasteiger partial charge in [0.25, 0.3) is 10.0 Å². The molecule has 0 N–H and O–H groups in total. The third-order valence-corrected chi connectivity index (χ3v) is 8.34. The van der Waals surface area contributed by atoms with Crippen LogP contribution in [0.25, 0.3) is 10.1 Å². The van der Waals surface area contributed by atoms with Crippen molar-refractivity contribution in [2.24, 2.45) is 0 Å². The van der Waals surface area contributed by atoms with Gasteiger partial charge in [0.15, 0.2) is 0 Å². The molecule has 1 amide bonds. The maximum absolute atomic E-state index is 13.0. The van der Waals surface area contributed by atoms with Crippen molar-refractivity contribution < 1.29 is 13.2 Å². The zero-order valence-corrected chi connectivity index (χ0v) is 15.0. The first-order valence-corrected chi connectivity index (χ1v) is 10.6. The van der Waals surface area contributed by atoms with Gasteiger partial charge in [-0.2, -0.15) is 4.31 Å². The average Bonchev–Trinajstić information content (AvgIpc) is 3.21. The number of rotatable bonds is 3. The lowest BCUT2D eigenvalue weighted by Gasteiger charge is -2.36. The van der Waals surface area contributed by atoms with E-state index in [1.165, 1.54) is 11.3 Å². The van der Waals surface area contributed by atoms with Gasteiger partial charge in [-0.25, -0.2) is 8.42 Å². The first-order chi connectivity index (χ1) is 11.6. The molecule has 4 rings (SSSR count). The number of nitrogens with zero attached hydrogens (tertiary/aromatic N) is 2. The van der Waals surface area contributed by atoms with Gasteiger partial charge >= 0.3 is 0 Å². The largest absolute Gasteiger partial charge is 0.338 e. The molecule has 0 spiro atoms. The summed E-state index contributed by atoms with van der Waals surface area (Å²) in [7, 11) is -3.49. The number of fused-ring (bicyclic) bond motifs is 1. The smallest absolute Gasteiger partial charge is 0.252 e. The Hall–Kier alpha value is -1.44. The molecule has 0 bridgehead atoms. The van der Waals surface area contributed by atoms with Gasteiger partial charge in [-0.05, 0) is 36.8 Å². The van der Waals surface area contributed by atoms with Crippen LogP contribution in [0.15, 0.2) is 34.5 Å². The molecule has 2 aromatic rings. The summed E-state index contributed by atoms with van der Waals surface area (Å²) in [6.07, 6.45) is 3.18. The Bertz CT molecular complexity index is 842. The Balaban J connectivity index is 1.60. The maximum Gasteiger partial charge on any atom is 0.252 e. The summed E-state index contributed by atoms with van der Waals surface area (Å²) in [6, 6.07) is 9.51. The monoisotopic (exact) mass is 364 g/mol. The number of hydrogen-bond acceptors (Lipinski definition) is 4. The minimum absolute atomic E-state index is 0.0258. The highest BCUT2D eigenvalue weighted by atomic mass is 32.2. The van der Waals surface area contributed by atoms with E-state index in [2.05, 4.69) is 0 Å². The maximum atomic E-state index is 13.0. The van der Waals surface area contributed by atoms with E-state index in [0.29, 0.717) is 23.7 Å². The summed E-state index contributed by atoms with van der Waals surface area (Å²) < 4.78 is 29.0. The van der Waals surface area contributed by atoms with Crippen LogP contribution >= 0.6 is 11.3 Å². The normalized spacial score (nSPS) is 23.2. The van der Waals surface area contributed by atoms with E-state index in [0.717, 1.165) is 35.9 Å². The van der Waals surface area contributed by atoms with Gasteiger partial charge in [0.1, 0.15) is 4.21 Å². The number of carbonyl (C=O) groups is 1. The molecule has 2 fully saturated rings. The molecular weight excluding hydrogens is 344 g/mol. The summed E-state index contributed by atoms with van der Waals surface area (Å²) in [6.45, 7) is 1.72. The number of piperidine rings is 1. The Morgan fingerprint density at radius 2 is 1.96 bits per heavy atom. The van der Waals surface area contributed by atoms with Crippen molar-refractivity contribution in [3.05, 3.63) is 30.3 Å². The quantitative estimate of drug-likeness (QED) is 0.841. The van der Waals surface area contributed by atoms with Crippen molar-refractivity contribution in [2.75, 3.05) is 19.6 Å². The van der Waals surface area contributed by atoms with E-state index in [1.54, 1.807) is 10.4 Å². The number of thiophene rings is 1. The molecule has 0 saturated carbocycles. The highest BCUT2D eigenvalue weighted by molar-refractivity contribution is 7.91. The lowest BCUT2D eigenvalue weighted by atomic mass is 10.1. The molecule has 1 unspecified atom stereocenters. The summed E-state index contributed by atoms with van der Waals surface area (Å²) in [5.41, 5.74) is 0. The SMILES string of the molecule is O=C1CCCN1C1CCCN(S(=O)(=O)c2cc3ccccc3s2)C1. The second-order valence-electron chi connectivity index (χ2n) is 6.45. The van der Waals surface area contributed by atoms with Gasteiger partial charge in [-0.3, -0.25) is 4.79 Å². The van der Waals surface area contributed by atoms with Crippen molar-refractivity contribution in [3.8, 4) is 0 Å². The number of carbonyl (C=O) groups excluding carboxylic acids is 1. The van der Waals surface area contributed by atoms with Crippen molar-refractivity contribution in [1.29, 1.82) is 0 Å². The first kappa shape index (κ1) is 16.1. The summed E-state index contributed by atoms with van der Waals surface area (Å²) >= 11 is 1.32. The van der Waals surface area contributed by atoms with E-state index in [-0.39, 0.29) is 11.9 Å². The zero-order valence-electron chi connectivity index (χ0n) is 13.3. The Morgan fingerprint density at radius 3 is 2.71 bits per heavy atom. The fraction of sp³-hybridized carbons (Fsp3) is 0.471. The third-order valence-electron chi connectivity index (χ3n) is 4.91. The summed E-state index contributed by atoms with van der Waals surface area (Å²) in [5, 5.41) is 0.962. The molecule has 2 saturated heterocycles. The van der Waals surface area contributed by atoms with E-state index in [4.69, 9.17) is 0 Å². The second kappa shape index (κ2) is 6.13. The Kier molecular flexibility index (Phi) is 4.10. The molecule has 24 heavy (non-hydrogen) atoms. The Morgan fingerprint density at radius 1 is 1.12 bits per heavy atom. The Labute approximate surface area is 145 Å². The lowest BCUT2D eigenvalue weighted by Crippen LogP contribution is -2.49. The van der Waals surface area contributed by atoms with Crippen LogP contribution in [-0.2, 0) is 14.8 Å². The van der Waals surface area contributed by atoms with Crippen LogP contribution in [0.2, 0.25) is 0 Å². The van der Waals surface area contributed by atoms with Crippen LogP contribution in [0.4, 0.5) is 0 Å². The number of amides is 1. The molecule has 3 heterocycles. The molecule has 1 aromatic heterocycles. The van der Waals surface area contributed by atoms with Crippen molar-refractivity contribution in [2.45, 2.75) is 35.9 Å². The average molecular weight is 364 g/mol. The van der Waals surface area contributed by atoms with E-state index < -0.39 is 10.0 Å². The van der Waals surface area contributed by atoms with Crippen LogP contribution in [0.1, 0.15) is 25.7 Å². The van der Waals surface area contributed by atoms with Crippen LogP contribution in [0, 0.1) is 0 Å². The molecule has 0 aliphatic carbocycles. The van der Waals surface area contributed by atoms with Crippen molar-refractivity contribution in [3.63, 3.8) is 0 Å². The minimum Gasteiger partial charge on any atom is -0.338 e. The van der Waals surface area contributed by atoms with Gasteiger partial charge in [-0.15, -0.1) is 11.3 Å². The standard InChI is InChI=1S/C17H20N2O3S2/c20-16-8-4-10-19(16)14-6-3-9-18(12-14)24(21,22)17-11-13-5-1-2-7-15(13)23-17/h1-2,5,7,11,14H,3-4,6,8-10,12H2. The highest BCUT2D eigenvalue weighted by Gasteiger charge is 2.36. The molecule has 0 radical (unpaired) electrons. The number of benzene rings is 1. The second-order valence-corrected chi connectivity index (χ2v) is 9.70. The highest BCUT2D eigenvalue weighted by Crippen LogP contribution is 2.32. The lowest BCUT2D eigenvalue weighted by molar-refractivity contribution is -0.130. The van der Waals surface area contributed by atoms with Crippen molar-refractivity contribution >= 4 is 37.4 Å². The third kappa shape index (κ3) is 2.74. The molecule has 5 nitrogen and oxygen atoms in total. The molecule has 2 aliphatic rings. The minimum atomic E-state index is -3.49. The van der Waals surface area contributed by atoms with E-state index in [9.17, 15) is 13.2 Å². The first-order valence-electron chi connectivity index (χ1n) is 8.34. The van der Waals surface area contributed by atoms with Gasteiger partial charge < -0.3 is 4.90 Å². The predicted octanol–water partition coefficient (Wildman–Crippen LogP) is 2.68. The van der Waals surface area contributed by atoms with Gasteiger partial charge in [0.2, 0.25) is 5.91 Å². The molecule has 128 valence electrons. The summed E-state index contributed by atoms with van der Waals surface area (Å²) in [5.74, 6) is 0.168. The van der Waals surface area contributed by atoms with E-state index in [1.807, 2.05) is 29.2 Å². The molecule has 7 heteroatoms.